The van der Waals surface area contributed by atoms with Gasteiger partial charge < -0.3 is 18.9 Å². The van der Waals surface area contributed by atoms with Crippen LogP contribution in [-0.4, -0.2) is 77.9 Å². The maximum Gasteiger partial charge on any atom is 0.255 e. The summed E-state index contributed by atoms with van der Waals surface area (Å²) in [6.45, 7) is 11.5. The van der Waals surface area contributed by atoms with Crippen LogP contribution in [0, 0.1) is 0 Å². The molecule has 1 aliphatic carbocycles. The Balaban J connectivity index is 1.15. The van der Waals surface area contributed by atoms with Gasteiger partial charge in [0.25, 0.3) is 5.56 Å². The summed E-state index contributed by atoms with van der Waals surface area (Å²) >= 11 is 6.68. The zero-order valence-corrected chi connectivity index (χ0v) is 24.2. The number of benzene rings is 2. The van der Waals surface area contributed by atoms with E-state index in [4.69, 9.17) is 21.1 Å². The monoisotopic (exact) mass is 562 g/mol. The summed E-state index contributed by atoms with van der Waals surface area (Å²) in [6.07, 6.45) is 5.73. The Morgan fingerprint density at radius 3 is 2.30 bits per heavy atom. The number of halogens is 1. The van der Waals surface area contributed by atoms with E-state index in [1.165, 1.54) is 56.6 Å². The molecule has 0 spiro atoms. The SMILES string of the molecule is CCN1CCN(C2CCN(Cc3cc4cc5c(cc4n(Cc4cc6c(cc4Cl)OCO6)c3=O)CCC5)CC2)CC1. The summed E-state index contributed by atoms with van der Waals surface area (Å²) in [5.74, 6) is 1.35. The van der Waals surface area contributed by atoms with Gasteiger partial charge in [0.05, 0.1) is 12.1 Å². The van der Waals surface area contributed by atoms with Crippen molar-refractivity contribution >= 4 is 22.5 Å². The van der Waals surface area contributed by atoms with E-state index in [9.17, 15) is 4.79 Å². The summed E-state index contributed by atoms with van der Waals surface area (Å²) in [6, 6.07) is 11.1. The van der Waals surface area contributed by atoms with Gasteiger partial charge in [-0.05, 0) is 98.1 Å². The molecule has 3 aromatic rings. The maximum atomic E-state index is 14.1. The molecule has 2 aromatic carbocycles. The van der Waals surface area contributed by atoms with Crippen LogP contribution in [0.2, 0.25) is 5.02 Å². The van der Waals surface area contributed by atoms with Crippen LogP contribution >= 0.6 is 11.6 Å². The Morgan fingerprint density at radius 2 is 1.55 bits per heavy atom. The average molecular weight is 563 g/mol. The van der Waals surface area contributed by atoms with E-state index >= 15 is 0 Å². The zero-order chi connectivity index (χ0) is 27.2. The van der Waals surface area contributed by atoms with Crippen molar-refractivity contribution in [2.75, 3.05) is 52.6 Å². The first-order valence-corrected chi connectivity index (χ1v) is 15.4. The van der Waals surface area contributed by atoms with E-state index < -0.39 is 0 Å². The molecule has 0 radical (unpaired) electrons. The zero-order valence-electron chi connectivity index (χ0n) is 23.5. The van der Waals surface area contributed by atoms with Gasteiger partial charge in [0.2, 0.25) is 6.79 Å². The summed E-state index contributed by atoms with van der Waals surface area (Å²) in [7, 11) is 0. The molecule has 0 unspecified atom stereocenters. The summed E-state index contributed by atoms with van der Waals surface area (Å²) in [4.78, 5) is 21.8. The van der Waals surface area contributed by atoms with Crippen LogP contribution in [0.4, 0.5) is 0 Å². The van der Waals surface area contributed by atoms with Gasteiger partial charge in [-0.25, -0.2) is 0 Å². The average Bonchev–Trinajstić information content (AvgIpc) is 3.63. The third-order valence-electron chi connectivity index (χ3n) is 9.57. The fourth-order valence-electron chi connectivity index (χ4n) is 7.16. The van der Waals surface area contributed by atoms with Gasteiger partial charge in [0.1, 0.15) is 0 Å². The molecule has 0 bridgehead atoms. The molecule has 4 heterocycles. The molecule has 0 N–H and O–H groups in total. The lowest BCUT2D eigenvalue weighted by Crippen LogP contribution is -2.53. The van der Waals surface area contributed by atoms with Gasteiger partial charge in [-0.3, -0.25) is 14.6 Å². The van der Waals surface area contributed by atoms with Crippen molar-refractivity contribution in [3.05, 3.63) is 68.0 Å². The molecular weight excluding hydrogens is 524 g/mol. The molecule has 0 atom stereocenters. The Bertz CT molecular complexity index is 1470. The lowest BCUT2D eigenvalue weighted by atomic mass is 10.0. The molecule has 3 aliphatic heterocycles. The second-order valence-corrected chi connectivity index (χ2v) is 12.3. The highest BCUT2D eigenvalue weighted by molar-refractivity contribution is 6.31. The molecule has 7 nitrogen and oxygen atoms in total. The molecule has 0 saturated carbocycles. The fraction of sp³-hybridized carbons (Fsp3) is 0.531. The summed E-state index contributed by atoms with van der Waals surface area (Å²) in [5.41, 5.74) is 5.61. The second kappa shape index (κ2) is 11.0. The second-order valence-electron chi connectivity index (χ2n) is 11.9. The van der Waals surface area contributed by atoms with Crippen molar-refractivity contribution in [1.82, 2.24) is 19.3 Å². The van der Waals surface area contributed by atoms with E-state index in [-0.39, 0.29) is 12.4 Å². The van der Waals surface area contributed by atoms with Crippen LogP contribution in [0.25, 0.3) is 10.9 Å². The lowest BCUT2D eigenvalue weighted by molar-refractivity contribution is 0.0592. The molecule has 2 saturated heterocycles. The van der Waals surface area contributed by atoms with Crippen LogP contribution in [0.15, 0.2) is 35.1 Å². The smallest absolute Gasteiger partial charge is 0.255 e. The van der Waals surface area contributed by atoms with Crippen molar-refractivity contribution < 1.29 is 9.47 Å². The normalized spacial score (nSPS) is 20.4. The molecule has 0 amide bonds. The molecule has 7 rings (SSSR count). The van der Waals surface area contributed by atoms with E-state index in [2.05, 4.69) is 39.8 Å². The fourth-order valence-corrected chi connectivity index (χ4v) is 7.37. The third kappa shape index (κ3) is 5.02. The first-order chi connectivity index (χ1) is 19.6. The molecule has 40 heavy (non-hydrogen) atoms. The molecule has 212 valence electrons. The number of aromatic nitrogens is 1. The number of piperazine rings is 1. The van der Waals surface area contributed by atoms with Crippen LogP contribution in [-0.2, 0) is 25.9 Å². The van der Waals surface area contributed by atoms with Crippen LogP contribution in [0.1, 0.15) is 48.4 Å². The summed E-state index contributed by atoms with van der Waals surface area (Å²) in [5, 5.41) is 1.74. The largest absolute Gasteiger partial charge is 0.454 e. The van der Waals surface area contributed by atoms with E-state index in [0.29, 0.717) is 35.7 Å². The van der Waals surface area contributed by atoms with Crippen LogP contribution in [0.5, 0.6) is 11.5 Å². The molecule has 2 fully saturated rings. The topological polar surface area (TPSA) is 50.2 Å². The number of ether oxygens (including phenoxy) is 2. The minimum Gasteiger partial charge on any atom is -0.454 e. The minimum absolute atomic E-state index is 0.0805. The highest BCUT2D eigenvalue weighted by atomic mass is 35.5. The third-order valence-corrected chi connectivity index (χ3v) is 9.92. The van der Waals surface area contributed by atoms with Crippen molar-refractivity contribution in [2.45, 2.75) is 58.2 Å². The number of pyridine rings is 1. The van der Waals surface area contributed by atoms with Crippen LogP contribution < -0.4 is 15.0 Å². The molecule has 4 aliphatic rings. The Kier molecular flexibility index (Phi) is 7.25. The highest BCUT2D eigenvalue weighted by Gasteiger charge is 2.28. The number of aryl methyl sites for hydroxylation is 2. The summed E-state index contributed by atoms with van der Waals surface area (Å²) < 4.78 is 13.1. The number of fused-ring (bicyclic) bond motifs is 3. The first-order valence-electron chi connectivity index (χ1n) is 15.0. The maximum absolute atomic E-state index is 14.1. The lowest BCUT2D eigenvalue weighted by Gasteiger charge is -2.42. The number of nitrogens with zero attached hydrogens (tertiary/aromatic N) is 4. The Morgan fingerprint density at radius 1 is 0.825 bits per heavy atom. The van der Waals surface area contributed by atoms with Crippen molar-refractivity contribution in [3.63, 3.8) is 0 Å². The quantitative estimate of drug-likeness (QED) is 0.440. The van der Waals surface area contributed by atoms with E-state index in [1.807, 2.05) is 10.6 Å². The number of likely N-dealkylation sites (tertiary alicyclic amines) is 1. The Labute approximate surface area is 241 Å². The number of likely N-dealkylation sites (N-methyl/N-ethyl adjacent to an activating group) is 1. The predicted molar refractivity (Wildman–Crippen MR) is 159 cm³/mol. The number of hydrogen-bond acceptors (Lipinski definition) is 6. The van der Waals surface area contributed by atoms with Gasteiger partial charge in [-0.1, -0.05) is 18.5 Å². The minimum atomic E-state index is 0.0805. The van der Waals surface area contributed by atoms with Crippen molar-refractivity contribution in [1.29, 1.82) is 0 Å². The van der Waals surface area contributed by atoms with Gasteiger partial charge in [0, 0.05) is 55.4 Å². The molecule has 1 aromatic heterocycles. The molecular formula is C32H39ClN4O3. The number of piperidine rings is 1. The van der Waals surface area contributed by atoms with Gasteiger partial charge >= 0.3 is 0 Å². The van der Waals surface area contributed by atoms with Gasteiger partial charge in [0.15, 0.2) is 11.5 Å². The standard InChI is InChI=1S/C32H39ClN4O3/c1-2-34-10-12-36(13-11-34)27-6-8-35(9-7-27)19-26-15-24-14-22-4-3-5-23(22)16-29(24)37(32(26)38)20-25-17-30-31(18-28(25)33)40-21-39-30/h14-18,27H,2-13,19-21H2,1H3. The van der Waals surface area contributed by atoms with Gasteiger partial charge in [-0.2, -0.15) is 0 Å². The first kappa shape index (κ1) is 26.3. The predicted octanol–water partition coefficient (Wildman–Crippen LogP) is 4.52. The highest BCUT2D eigenvalue weighted by Crippen LogP contribution is 2.37. The molecule has 8 heteroatoms. The van der Waals surface area contributed by atoms with Gasteiger partial charge in [-0.15, -0.1) is 0 Å². The number of hydrogen-bond donors (Lipinski definition) is 0. The Hall–Kier alpha value is -2.58. The van der Waals surface area contributed by atoms with E-state index in [1.54, 1.807) is 6.07 Å². The van der Waals surface area contributed by atoms with Crippen molar-refractivity contribution in [2.24, 2.45) is 0 Å². The van der Waals surface area contributed by atoms with Crippen LogP contribution in [0.3, 0.4) is 0 Å². The van der Waals surface area contributed by atoms with E-state index in [0.717, 1.165) is 54.5 Å². The number of rotatable bonds is 6. The van der Waals surface area contributed by atoms with Crippen molar-refractivity contribution in [3.8, 4) is 11.5 Å².